The Morgan fingerprint density at radius 2 is 0.947 bits per heavy atom. The molecule has 2 rings (SSSR count). The largest absolute Gasteiger partial charge is 0.473 e. The van der Waals surface area contributed by atoms with E-state index < -0.39 is 35.2 Å². The van der Waals surface area contributed by atoms with Gasteiger partial charge in [-0.3, -0.25) is 9.80 Å². The van der Waals surface area contributed by atoms with Crippen molar-refractivity contribution in [3.63, 3.8) is 0 Å². The van der Waals surface area contributed by atoms with Crippen molar-refractivity contribution in [2.45, 2.75) is 89.8 Å². The maximum Gasteiger partial charge on any atom is 0.414 e. The second kappa shape index (κ2) is 15.7. The van der Waals surface area contributed by atoms with Crippen molar-refractivity contribution < 1.29 is 49.1 Å². The smallest absolute Gasteiger partial charge is 0.414 e. The molecule has 2 aliphatic rings. The van der Waals surface area contributed by atoms with Gasteiger partial charge in [0.05, 0.1) is 24.3 Å². The van der Waals surface area contributed by atoms with E-state index in [0.29, 0.717) is 13.1 Å². The van der Waals surface area contributed by atoms with Crippen molar-refractivity contribution in [3.8, 4) is 0 Å². The van der Waals surface area contributed by atoms with Crippen molar-refractivity contribution >= 4 is 24.1 Å². The minimum absolute atomic E-state index is 0.0657. The highest BCUT2D eigenvalue weighted by Gasteiger charge is 2.40. The molecule has 0 unspecified atom stereocenters. The monoisotopic (exact) mass is 550 g/mol. The number of nitrogens with one attached hydrogen (secondary N) is 2. The van der Waals surface area contributed by atoms with Crippen LogP contribution in [0, 0.1) is 0 Å². The third kappa shape index (κ3) is 11.4. The van der Waals surface area contributed by atoms with Crippen molar-refractivity contribution in [1.82, 2.24) is 20.4 Å². The lowest BCUT2D eigenvalue weighted by Gasteiger charge is -2.44. The lowest BCUT2D eigenvalue weighted by molar-refractivity contribution is -0.159. The first kappa shape index (κ1) is 35.3. The van der Waals surface area contributed by atoms with Gasteiger partial charge in [-0.05, 0) is 67.5 Å². The predicted molar refractivity (Wildman–Crippen MR) is 139 cm³/mol. The number of carbonyl (C=O) groups is 4. The summed E-state index contributed by atoms with van der Waals surface area (Å²) in [4.78, 5) is 43.9. The lowest BCUT2D eigenvalue weighted by atomic mass is 9.95. The highest BCUT2D eigenvalue weighted by atomic mass is 16.5. The molecule has 38 heavy (non-hydrogen) atoms. The van der Waals surface area contributed by atoms with Gasteiger partial charge in [0.25, 0.3) is 0 Å². The molecule has 0 spiro atoms. The molecule has 0 aromatic heterocycles. The first-order valence-electron chi connectivity index (χ1n) is 12.4. The summed E-state index contributed by atoms with van der Waals surface area (Å²) >= 11 is 0. The van der Waals surface area contributed by atoms with Gasteiger partial charge in [0.1, 0.15) is 0 Å². The molecule has 0 aliphatic carbocycles. The molecule has 2 heterocycles. The highest BCUT2D eigenvalue weighted by Crippen LogP contribution is 2.25. The van der Waals surface area contributed by atoms with Crippen LogP contribution >= 0.6 is 0 Å². The Labute approximate surface area is 224 Å². The SMILES string of the molecule is CO[C@@H]1CNCC[C@@H]1N(C(=O)O)C(C)(C)C.CO[C@@H]1CNCC[C@@H]1N(C(=O)O)C(C)(C)C.O=C(O)C(=O)O. The number of nitrogens with zero attached hydrogens (tertiary/aromatic N) is 2. The number of hydrogen-bond donors (Lipinski definition) is 6. The summed E-state index contributed by atoms with van der Waals surface area (Å²) in [5, 5.41) is 39.9. The molecular formula is C24H46N4O10. The maximum atomic E-state index is 11.4. The Hall–Kier alpha value is -2.68. The zero-order chi connectivity index (χ0) is 29.8. The fourth-order valence-corrected chi connectivity index (χ4v) is 4.56. The number of hydrogen-bond acceptors (Lipinski definition) is 8. The molecule has 14 nitrogen and oxygen atoms in total. The number of carboxylic acid groups (broad SMARTS) is 4. The molecule has 222 valence electrons. The van der Waals surface area contributed by atoms with Gasteiger partial charge in [-0.25, -0.2) is 19.2 Å². The van der Waals surface area contributed by atoms with Crippen LogP contribution in [0.3, 0.4) is 0 Å². The minimum Gasteiger partial charge on any atom is -0.473 e. The van der Waals surface area contributed by atoms with Gasteiger partial charge in [0.15, 0.2) is 0 Å². The summed E-state index contributed by atoms with van der Waals surface area (Å²) in [6, 6.07) is -0.132. The Kier molecular flexibility index (Phi) is 14.6. The standard InChI is InChI=1S/2C11H22N2O3.C2H2O4/c2*1-11(2,3)13(10(14)15)8-5-6-12-7-9(8)16-4;3-1(4)2(5)6/h2*8-9,12H,5-7H2,1-4H3,(H,14,15);(H,3,4)(H,5,6)/t2*8-,9+;/m00./s1. The third-order valence-corrected chi connectivity index (χ3v) is 6.09. The molecule has 4 atom stereocenters. The molecule has 2 saturated heterocycles. The van der Waals surface area contributed by atoms with E-state index in [9.17, 15) is 19.8 Å². The Balaban J connectivity index is 0.000000596. The van der Waals surface area contributed by atoms with Gasteiger partial charge in [-0.1, -0.05) is 0 Å². The van der Waals surface area contributed by atoms with Crippen LogP contribution in [0.25, 0.3) is 0 Å². The zero-order valence-electron chi connectivity index (χ0n) is 23.7. The van der Waals surface area contributed by atoms with E-state index in [1.165, 1.54) is 9.80 Å². The van der Waals surface area contributed by atoms with Crippen LogP contribution in [0.1, 0.15) is 54.4 Å². The van der Waals surface area contributed by atoms with Crippen LogP contribution in [0.4, 0.5) is 9.59 Å². The molecule has 2 amide bonds. The minimum atomic E-state index is -1.82. The summed E-state index contributed by atoms with van der Waals surface area (Å²) in [5.74, 6) is -3.65. The molecule has 0 saturated carbocycles. The summed E-state index contributed by atoms with van der Waals surface area (Å²) in [5.41, 5.74) is -0.796. The van der Waals surface area contributed by atoms with Crippen LogP contribution < -0.4 is 10.6 Å². The van der Waals surface area contributed by atoms with Gasteiger partial charge in [-0.15, -0.1) is 0 Å². The molecule has 6 N–H and O–H groups in total. The lowest BCUT2D eigenvalue weighted by Crippen LogP contribution is -2.60. The van der Waals surface area contributed by atoms with Crippen LogP contribution in [-0.4, -0.2) is 130 Å². The molecular weight excluding hydrogens is 504 g/mol. The number of piperidine rings is 2. The average Bonchev–Trinajstić information content (AvgIpc) is 2.78. The van der Waals surface area contributed by atoms with Gasteiger partial charge in [0, 0.05) is 38.4 Å². The zero-order valence-corrected chi connectivity index (χ0v) is 23.7. The molecule has 0 aromatic rings. The first-order chi connectivity index (χ1) is 17.4. The molecule has 0 bridgehead atoms. The fraction of sp³-hybridized carbons (Fsp3) is 0.833. The van der Waals surface area contributed by atoms with Crippen molar-refractivity contribution in [3.05, 3.63) is 0 Å². The number of carboxylic acids is 2. The topological polar surface area (TPSA) is 198 Å². The number of ether oxygens (including phenoxy) is 2. The quantitative estimate of drug-likeness (QED) is 0.276. The van der Waals surface area contributed by atoms with E-state index in [0.717, 1.165) is 25.9 Å². The predicted octanol–water partition coefficient (Wildman–Crippen LogP) is 1.44. The van der Waals surface area contributed by atoms with Crippen LogP contribution in [-0.2, 0) is 19.1 Å². The maximum absolute atomic E-state index is 11.4. The number of methoxy groups -OCH3 is 2. The summed E-state index contributed by atoms with van der Waals surface area (Å²) in [6.07, 6.45) is -0.291. The second-order valence-electron chi connectivity index (χ2n) is 10.9. The molecule has 0 radical (unpaired) electrons. The second-order valence-corrected chi connectivity index (χ2v) is 10.9. The Morgan fingerprint density at radius 1 is 0.658 bits per heavy atom. The fourth-order valence-electron chi connectivity index (χ4n) is 4.56. The third-order valence-electron chi connectivity index (χ3n) is 6.09. The van der Waals surface area contributed by atoms with Gasteiger partial charge >= 0.3 is 24.1 Å². The van der Waals surface area contributed by atoms with Gasteiger partial charge in [-0.2, -0.15) is 0 Å². The van der Waals surface area contributed by atoms with E-state index >= 15 is 0 Å². The van der Waals surface area contributed by atoms with Crippen LogP contribution in [0.2, 0.25) is 0 Å². The van der Waals surface area contributed by atoms with Crippen molar-refractivity contribution in [2.24, 2.45) is 0 Å². The van der Waals surface area contributed by atoms with Gasteiger partial charge in [0.2, 0.25) is 0 Å². The summed E-state index contributed by atoms with van der Waals surface area (Å²) in [6.45, 7) is 14.6. The van der Waals surface area contributed by atoms with Crippen molar-refractivity contribution in [2.75, 3.05) is 40.4 Å². The number of aliphatic carboxylic acids is 2. The van der Waals surface area contributed by atoms with Crippen LogP contribution in [0.15, 0.2) is 0 Å². The Bertz CT molecular complexity index is 717. The molecule has 14 heteroatoms. The van der Waals surface area contributed by atoms with E-state index in [4.69, 9.17) is 29.3 Å². The summed E-state index contributed by atoms with van der Waals surface area (Å²) in [7, 11) is 3.26. The molecule has 0 aromatic carbocycles. The average molecular weight is 551 g/mol. The summed E-state index contributed by atoms with van der Waals surface area (Å²) < 4.78 is 10.7. The Morgan fingerprint density at radius 3 is 1.13 bits per heavy atom. The van der Waals surface area contributed by atoms with Gasteiger partial charge < -0.3 is 40.5 Å². The molecule has 2 aliphatic heterocycles. The molecule has 2 fully saturated rings. The van der Waals surface area contributed by atoms with Crippen LogP contribution in [0.5, 0.6) is 0 Å². The van der Waals surface area contributed by atoms with E-state index in [2.05, 4.69) is 10.6 Å². The van der Waals surface area contributed by atoms with E-state index in [1.54, 1.807) is 14.2 Å². The first-order valence-corrected chi connectivity index (χ1v) is 12.4. The normalized spacial score (nSPS) is 23.5. The highest BCUT2D eigenvalue weighted by molar-refractivity contribution is 6.27. The van der Waals surface area contributed by atoms with Crippen molar-refractivity contribution in [1.29, 1.82) is 0 Å². The number of rotatable bonds is 4. The van der Waals surface area contributed by atoms with E-state index in [-0.39, 0.29) is 24.3 Å². The van der Waals surface area contributed by atoms with E-state index in [1.807, 2.05) is 41.5 Å². The number of amides is 2.